The number of halogens is 1. The van der Waals surface area contributed by atoms with Crippen LogP contribution < -0.4 is 10.6 Å². The summed E-state index contributed by atoms with van der Waals surface area (Å²) in [4.78, 5) is 23.2. The smallest absolute Gasteiger partial charge is 0.242 e. The zero-order valence-electron chi connectivity index (χ0n) is 9.91. The van der Waals surface area contributed by atoms with Crippen LogP contribution in [0.4, 0.5) is 4.39 Å². The van der Waals surface area contributed by atoms with Crippen LogP contribution in [0.1, 0.15) is 18.4 Å². The highest BCUT2D eigenvalue weighted by atomic mass is 19.1. The summed E-state index contributed by atoms with van der Waals surface area (Å²) in [5.41, 5.74) is 0.727. The van der Waals surface area contributed by atoms with E-state index in [1.165, 1.54) is 12.1 Å². The summed E-state index contributed by atoms with van der Waals surface area (Å²) in [5.74, 6) is -0.678. The molecule has 1 aliphatic heterocycles. The molecule has 0 aromatic heterocycles. The van der Waals surface area contributed by atoms with Gasteiger partial charge in [0.2, 0.25) is 11.8 Å². The molecule has 2 N–H and O–H groups in total. The molecule has 2 amide bonds. The lowest BCUT2D eigenvalue weighted by molar-refractivity contribution is -0.129. The molecule has 0 bridgehead atoms. The van der Waals surface area contributed by atoms with E-state index < -0.39 is 6.04 Å². The third kappa shape index (κ3) is 3.29. The van der Waals surface area contributed by atoms with Gasteiger partial charge in [0.25, 0.3) is 0 Å². The van der Waals surface area contributed by atoms with Gasteiger partial charge in [-0.3, -0.25) is 9.59 Å². The summed E-state index contributed by atoms with van der Waals surface area (Å²) in [7, 11) is 0. The first-order valence-corrected chi connectivity index (χ1v) is 5.96. The van der Waals surface area contributed by atoms with Gasteiger partial charge in [-0.15, -0.1) is 0 Å². The summed E-state index contributed by atoms with van der Waals surface area (Å²) in [6, 6.07) is 5.32. The molecule has 2 rings (SSSR count). The van der Waals surface area contributed by atoms with E-state index in [1.54, 1.807) is 12.1 Å². The SMILES string of the molecule is O=C(Cc1ccc(F)cc1)NC1CCCNC1=O. The third-order valence-electron chi connectivity index (χ3n) is 2.90. The molecule has 1 aromatic carbocycles. The summed E-state index contributed by atoms with van der Waals surface area (Å²) in [5, 5.41) is 5.39. The van der Waals surface area contributed by atoms with Crippen LogP contribution in [0.5, 0.6) is 0 Å². The zero-order valence-corrected chi connectivity index (χ0v) is 9.91. The fourth-order valence-electron chi connectivity index (χ4n) is 1.94. The third-order valence-corrected chi connectivity index (χ3v) is 2.90. The van der Waals surface area contributed by atoms with Crippen LogP contribution in [0.25, 0.3) is 0 Å². The van der Waals surface area contributed by atoms with Crippen molar-refractivity contribution in [1.29, 1.82) is 0 Å². The van der Waals surface area contributed by atoms with Crippen LogP contribution in [0.15, 0.2) is 24.3 Å². The number of benzene rings is 1. The van der Waals surface area contributed by atoms with Crippen molar-refractivity contribution in [3.63, 3.8) is 0 Å². The van der Waals surface area contributed by atoms with Gasteiger partial charge in [0.05, 0.1) is 6.42 Å². The van der Waals surface area contributed by atoms with E-state index in [0.717, 1.165) is 12.0 Å². The Labute approximate surface area is 105 Å². The van der Waals surface area contributed by atoms with Crippen LogP contribution in [0.2, 0.25) is 0 Å². The van der Waals surface area contributed by atoms with Crippen LogP contribution >= 0.6 is 0 Å². The lowest BCUT2D eigenvalue weighted by atomic mass is 10.1. The van der Waals surface area contributed by atoms with Crippen molar-refractivity contribution in [1.82, 2.24) is 10.6 Å². The highest BCUT2D eigenvalue weighted by molar-refractivity contribution is 5.88. The molecule has 0 radical (unpaired) electrons. The van der Waals surface area contributed by atoms with Crippen LogP contribution in [0.3, 0.4) is 0 Å². The van der Waals surface area contributed by atoms with E-state index in [0.29, 0.717) is 13.0 Å². The summed E-state index contributed by atoms with van der Waals surface area (Å²) in [6.45, 7) is 0.670. The summed E-state index contributed by atoms with van der Waals surface area (Å²) < 4.78 is 12.7. The van der Waals surface area contributed by atoms with E-state index in [9.17, 15) is 14.0 Å². The first-order chi connectivity index (χ1) is 8.65. The fourth-order valence-corrected chi connectivity index (χ4v) is 1.94. The number of piperidine rings is 1. The molecule has 96 valence electrons. The second kappa shape index (κ2) is 5.62. The molecule has 4 nitrogen and oxygen atoms in total. The molecule has 1 atom stereocenters. The molecule has 1 fully saturated rings. The van der Waals surface area contributed by atoms with Gasteiger partial charge in [-0.25, -0.2) is 4.39 Å². The zero-order chi connectivity index (χ0) is 13.0. The fraction of sp³-hybridized carbons (Fsp3) is 0.385. The van der Waals surface area contributed by atoms with Gasteiger partial charge in [0, 0.05) is 6.54 Å². The quantitative estimate of drug-likeness (QED) is 0.832. The average molecular weight is 250 g/mol. The number of rotatable bonds is 3. The molecular formula is C13H15FN2O2. The predicted octanol–water partition coefficient (Wildman–Crippen LogP) is 0.763. The molecule has 0 aliphatic carbocycles. The largest absolute Gasteiger partial charge is 0.354 e. The highest BCUT2D eigenvalue weighted by Gasteiger charge is 2.23. The minimum Gasteiger partial charge on any atom is -0.354 e. The maximum atomic E-state index is 12.7. The standard InChI is InChI=1S/C13H15FN2O2/c14-10-5-3-9(4-6-10)8-12(17)16-11-2-1-7-15-13(11)18/h3-6,11H,1-2,7-8H2,(H,15,18)(H,16,17). The molecule has 0 spiro atoms. The molecule has 1 heterocycles. The van der Waals surface area contributed by atoms with E-state index in [1.807, 2.05) is 0 Å². The predicted molar refractivity (Wildman–Crippen MR) is 64.3 cm³/mol. The second-order valence-corrected chi connectivity index (χ2v) is 4.36. The Morgan fingerprint density at radius 2 is 2.11 bits per heavy atom. The Kier molecular flexibility index (Phi) is 3.92. The Balaban J connectivity index is 1.88. The van der Waals surface area contributed by atoms with Gasteiger partial charge < -0.3 is 10.6 Å². The normalized spacial score (nSPS) is 19.2. The topological polar surface area (TPSA) is 58.2 Å². The van der Waals surface area contributed by atoms with E-state index in [2.05, 4.69) is 10.6 Å². The molecule has 1 unspecified atom stereocenters. The molecule has 1 saturated heterocycles. The van der Waals surface area contributed by atoms with Crippen LogP contribution in [-0.4, -0.2) is 24.4 Å². The van der Waals surface area contributed by atoms with Gasteiger partial charge in [0.15, 0.2) is 0 Å². The van der Waals surface area contributed by atoms with Crippen LogP contribution in [0, 0.1) is 5.82 Å². The van der Waals surface area contributed by atoms with Gasteiger partial charge >= 0.3 is 0 Å². The van der Waals surface area contributed by atoms with E-state index >= 15 is 0 Å². The highest BCUT2D eigenvalue weighted by Crippen LogP contribution is 2.06. The lowest BCUT2D eigenvalue weighted by Gasteiger charge is -2.22. The maximum Gasteiger partial charge on any atom is 0.242 e. The summed E-state index contributed by atoms with van der Waals surface area (Å²) in [6.07, 6.45) is 1.69. The van der Waals surface area contributed by atoms with Crippen molar-refractivity contribution in [2.45, 2.75) is 25.3 Å². The van der Waals surface area contributed by atoms with Crippen molar-refractivity contribution >= 4 is 11.8 Å². The van der Waals surface area contributed by atoms with Gasteiger partial charge in [0.1, 0.15) is 11.9 Å². The van der Waals surface area contributed by atoms with E-state index in [-0.39, 0.29) is 24.1 Å². The molecule has 0 saturated carbocycles. The molecule has 5 heteroatoms. The molecule has 1 aromatic rings. The average Bonchev–Trinajstić information content (AvgIpc) is 2.35. The van der Waals surface area contributed by atoms with E-state index in [4.69, 9.17) is 0 Å². The Bertz CT molecular complexity index is 445. The Morgan fingerprint density at radius 1 is 1.39 bits per heavy atom. The monoisotopic (exact) mass is 250 g/mol. The van der Waals surface area contributed by atoms with Crippen molar-refractivity contribution in [3.8, 4) is 0 Å². The molecule has 18 heavy (non-hydrogen) atoms. The Hall–Kier alpha value is -1.91. The number of carbonyl (C=O) groups excluding carboxylic acids is 2. The Morgan fingerprint density at radius 3 is 2.78 bits per heavy atom. The maximum absolute atomic E-state index is 12.7. The lowest BCUT2D eigenvalue weighted by Crippen LogP contribution is -2.50. The number of hydrogen-bond donors (Lipinski definition) is 2. The van der Waals surface area contributed by atoms with Crippen LogP contribution in [-0.2, 0) is 16.0 Å². The van der Waals surface area contributed by atoms with Gasteiger partial charge in [-0.05, 0) is 30.5 Å². The first kappa shape index (κ1) is 12.5. The number of nitrogens with one attached hydrogen (secondary N) is 2. The second-order valence-electron chi connectivity index (χ2n) is 4.36. The molecular weight excluding hydrogens is 235 g/mol. The van der Waals surface area contributed by atoms with Gasteiger partial charge in [-0.1, -0.05) is 12.1 Å². The summed E-state index contributed by atoms with van der Waals surface area (Å²) >= 11 is 0. The number of hydrogen-bond acceptors (Lipinski definition) is 2. The first-order valence-electron chi connectivity index (χ1n) is 5.96. The number of carbonyl (C=O) groups is 2. The minimum absolute atomic E-state index is 0.131. The number of amides is 2. The molecule has 1 aliphatic rings. The van der Waals surface area contributed by atoms with Crippen molar-refractivity contribution in [3.05, 3.63) is 35.6 Å². The minimum atomic E-state index is -0.438. The van der Waals surface area contributed by atoms with Crippen molar-refractivity contribution < 1.29 is 14.0 Å². The van der Waals surface area contributed by atoms with Crippen molar-refractivity contribution in [2.75, 3.05) is 6.54 Å². The van der Waals surface area contributed by atoms with Crippen molar-refractivity contribution in [2.24, 2.45) is 0 Å². The van der Waals surface area contributed by atoms with Gasteiger partial charge in [-0.2, -0.15) is 0 Å².